The standard InChI is InChI=1S/C13H13N3O3/c1-7-11(14)15-12(16-13(7)17)10-6-18-8-4-2-3-5-9(8)19-10/h2-5,10H,6H2,1H3,(H3,14,15,16,17). The lowest BCUT2D eigenvalue weighted by Gasteiger charge is -2.25. The van der Waals surface area contributed by atoms with E-state index in [-0.39, 0.29) is 18.0 Å². The van der Waals surface area contributed by atoms with Crippen molar-refractivity contribution in [1.82, 2.24) is 9.97 Å². The molecule has 0 aliphatic carbocycles. The second-order valence-electron chi connectivity index (χ2n) is 4.33. The number of anilines is 1. The predicted octanol–water partition coefficient (Wildman–Crippen LogP) is 1.17. The van der Waals surface area contributed by atoms with E-state index in [2.05, 4.69) is 9.97 Å². The number of H-pyrrole nitrogens is 1. The van der Waals surface area contributed by atoms with Crippen LogP contribution < -0.4 is 20.8 Å². The highest BCUT2D eigenvalue weighted by atomic mass is 16.6. The zero-order valence-electron chi connectivity index (χ0n) is 10.3. The van der Waals surface area contributed by atoms with E-state index in [1.807, 2.05) is 18.2 Å². The maximum absolute atomic E-state index is 11.7. The van der Waals surface area contributed by atoms with Gasteiger partial charge in [0.2, 0.25) is 0 Å². The summed E-state index contributed by atoms with van der Waals surface area (Å²) in [7, 11) is 0. The second-order valence-corrected chi connectivity index (χ2v) is 4.33. The monoisotopic (exact) mass is 259 g/mol. The van der Waals surface area contributed by atoms with Crippen molar-refractivity contribution in [3.63, 3.8) is 0 Å². The number of hydrogen-bond donors (Lipinski definition) is 2. The number of para-hydroxylation sites is 2. The Hall–Kier alpha value is -2.50. The van der Waals surface area contributed by atoms with Gasteiger partial charge in [0, 0.05) is 0 Å². The first kappa shape index (κ1) is 11.6. The summed E-state index contributed by atoms with van der Waals surface area (Å²) < 4.78 is 11.3. The Balaban J connectivity index is 1.95. The topological polar surface area (TPSA) is 90.2 Å². The molecule has 2 aromatic rings. The van der Waals surface area contributed by atoms with Gasteiger partial charge in [0.05, 0.1) is 5.56 Å². The summed E-state index contributed by atoms with van der Waals surface area (Å²) in [6, 6.07) is 7.35. The van der Waals surface area contributed by atoms with Crippen molar-refractivity contribution < 1.29 is 9.47 Å². The van der Waals surface area contributed by atoms with Crippen molar-refractivity contribution in [2.45, 2.75) is 13.0 Å². The van der Waals surface area contributed by atoms with Gasteiger partial charge in [0.1, 0.15) is 12.4 Å². The number of fused-ring (bicyclic) bond motifs is 1. The van der Waals surface area contributed by atoms with Gasteiger partial charge in [0.15, 0.2) is 23.4 Å². The molecular formula is C13H13N3O3. The maximum Gasteiger partial charge on any atom is 0.256 e. The van der Waals surface area contributed by atoms with E-state index in [4.69, 9.17) is 15.2 Å². The van der Waals surface area contributed by atoms with Crippen molar-refractivity contribution in [3.05, 3.63) is 46.0 Å². The molecule has 1 unspecified atom stereocenters. The fraction of sp³-hybridized carbons (Fsp3) is 0.231. The third kappa shape index (κ3) is 2.01. The molecule has 0 saturated heterocycles. The highest BCUT2D eigenvalue weighted by molar-refractivity contribution is 5.41. The van der Waals surface area contributed by atoms with E-state index in [1.54, 1.807) is 13.0 Å². The highest BCUT2D eigenvalue weighted by Crippen LogP contribution is 2.34. The van der Waals surface area contributed by atoms with Crippen LogP contribution in [-0.2, 0) is 0 Å². The Labute approximate surface area is 109 Å². The van der Waals surface area contributed by atoms with Crippen molar-refractivity contribution >= 4 is 5.82 Å². The van der Waals surface area contributed by atoms with E-state index in [0.29, 0.717) is 22.9 Å². The number of nitrogens with zero attached hydrogens (tertiary/aromatic N) is 1. The summed E-state index contributed by atoms with van der Waals surface area (Å²) in [5.74, 6) is 1.89. The molecule has 0 spiro atoms. The summed E-state index contributed by atoms with van der Waals surface area (Å²) in [6.07, 6.45) is -0.467. The smallest absolute Gasteiger partial charge is 0.256 e. The molecule has 6 nitrogen and oxygen atoms in total. The largest absolute Gasteiger partial charge is 0.485 e. The van der Waals surface area contributed by atoms with Crippen LogP contribution in [0.25, 0.3) is 0 Å². The summed E-state index contributed by atoms with van der Waals surface area (Å²) in [6.45, 7) is 1.90. The quantitative estimate of drug-likeness (QED) is 0.802. The van der Waals surface area contributed by atoms with Crippen LogP contribution in [0.2, 0.25) is 0 Å². The van der Waals surface area contributed by atoms with Crippen LogP contribution in [-0.4, -0.2) is 16.6 Å². The Morgan fingerprint density at radius 2 is 2.11 bits per heavy atom. The number of aromatic amines is 1. The highest BCUT2D eigenvalue weighted by Gasteiger charge is 2.24. The molecule has 6 heteroatoms. The lowest BCUT2D eigenvalue weighted by Crippen LogP contribution is -2.27. The summed E-state index contributed by atoms with van der Waals surface area (Å²) in [4.78, 5) is 18.5. The van der Waals surface area contributed by atoms with Gasteiger partial charge < -0.3 is 20.2 Å². The molecule has 0 radical (unpaired) electrons. The maximum atomic E-state index is 11.7. The molecule has 98 valence electrons. The third-order valence-corrected chi connectivity index (χ3v) is 3.02. The minimum absolute atomic E-state index is 0.209. The minimum Gasteiger partial charge on any atom is -0.485 e. The van der Waals surface area contributed by atoms with Crippen LogP contribution in [0.3, 0.4) is 0 Å². The minimum atomic E-state index is -0.467. The van der Waals surface area contributed by atoms with Gasteiger partial charge in [-0.1, -0.05) is 12.1 Å². The average Bonchev–Trinajstić information content (AvgIpc) is 2.43. The van der Waals surface area contributed by atoms with E-state index in [1.165, 1.54) is 0 Å². The predicted molar refractivity (Wildman–Crippen MR) is 69.3 cm³/mol. The molecule has 1 aliphatic rings. The zero-order valence-corrected chi connectivity index (χ0v) is 10.3. The molecule has 19 heavy (non-hydrogen) atoms. The van der Waals surface area contributed by atoms with Crippen LogP contribution in [0.1, 0.15) is 17.5 Å². The molecule has 2 heterocycles. The third-order valence-electron chi connectivity index (χ3n) is 3.02. The van der Waals surface area contributed by atoms with E-state index in [9.17, 15) is 4.79 Å². The fourth-order valence-electron chi connectivity index (χ4n) is 1.87. The van der Waals surface area contributed by atoms with Crippen LogP contribution in [0.5, 0.6) is 11.5 Å². The number of benzene rings is 1. The van der Waals surface area contributed by atoms with E-state index in [0.717, 1.165) is 0 Å². The number of ether oxygens (including phenoxy) is 2. The number of hydrogen-bond acceptors (Lipinski definition) is 5. The molecule has 1 aromatic heterocycles. The Morgan fingerprint density at radius 1 is 1.37 bits per heavy atom. The van der Waals surface area contributed by atoms with Gasteiger partial charge in [0.25, 0.3) is 5.56 Å². The number of nitrogens with one attached hydrogen (secondary N) is 1. The van der Waals surface area contributed by atoms with E-state index >= 15 is 0 Å². The molecule has 0 bridgehead atoms. The first-order chi connectivity index (χ1) is 9.15. The van der Waals surface area contributed by atoms with Crippen molar-refractivity contribution in [3.8, 4) is 11.5 Å². The van der Waals surface area contributed by atoms with Crippen molar-refractivity contribution in [2.24, 2.45) is 0 Å². The fourth-order valence-corrected chi connectivity index (χ4v) is 1.87. The number of aromatic nitrogens is 2. The van der Waals surface area contributed by atoms with Crippen LogP contribution in [0, 0.1) is 6.92 Å². The Morgan fingerprint density at radius 3 is 2.84 bits per heavy atom. The van der Waals surface area contributed by atoms with Crippen LogP contribution in [0.15, 0.2) is 29.1 Å². The van der Waals surface area contributed by atoms with Gasteiger partial charge in [-0.25, -0.2) is 4.98 Å². The summed E-state index contributed by atoms with van der Waals surface area (Å²) >= 11 is 0. The molecule has 0 fully saturated rings. The Bertz CT molecular complexity index is 681. The number of nitrogen functional groups attached to an aromatic ring is 1. The summed E-state index contributed by atoms with van der Waals surface area (Å²) in [5.41, 5.74) is 5.84. The molecular weight excluding hydrogens is 246 g/mol. The Kier molecular flexibility index (Phi) is 2.63. The second kappa shape index (κ2) is 4.31. The van der Waals surface area contributed by atoms with Gasteiger partial charge >= 0.3 is 0 Å². The van der Waals surface area contributed by atoms with Crippen molar-refractivity contribution in [2.75, 3.05) is 12.3 Å². The number of nitrogens with two attached hydrogens (primary N) is 1. The first-order valence-electron chi connectivity index (χ1n) is 5.90. The number of rotatable bonds is 1. The normalized spacial score (nSPS) is 17.2. The van der Waals surface area contributed by atoms with Gasteiger partial charge in [-0.2, -0.15) is 0 Å². The SMILES string of the molecule is Cc1c(N)nc(C2COc3ccccc3O2)[nH]c1=O. The molecule has 3 N–H and O–H groups in total. The average molecular weight is 259 g/mol. The van der Waals surface area contributed by atoms with Gasteiger partial charge in [-0.05, 0) is 19.1 Å². The van der Waals surface area contributed by atoms with Gasteiger partial charge in [-0.3, -0.25) is 4.79 Å². The first-order valence-corrected chi connectivity index (χ1v) is 5.90. The molecule has 3 rings (SSSR count). The summed E-state index contributed by atoms with van der Waals surface area (Å²) in [5, 5.41) is 0. The molecule has 1 aliphatic heterocycles. The van der Waals surface area contributed by atoms with Crippen LogP contribution in [0.4, 0.5) is 5.82 Å². The molecule has 1 aromatic carbocycles. The molecule has 0 saturated carbocycles. The van der Waals surface area contributed by atoms with Crippen LogP contribution >= 0.6 is 0 Å². The zero-order chi connectivity index (χ0) is 13.4. The van der Waals surface area contributed by atoms with E-state index < -0.39 is 6.10 Å². The van der Waals surface area contributed by atoms with Crippen molar-refractivity contribution in [1.29, 1.82) is 0 Å². The molecule has 0 amide bonds. The van der Waals surface area contributed by atoms with Gasteiger partial charge in [-0.15, -0.1) is 0 Å². The molecule has 1 atom stereocenters. The lowest BCUT2D eigenvalue weighted by molar-refractivity contribution is 0.0849. The lowest BCUT2D eigenvalue weighted by atomic mass is 10.2.